The summed E-state index contributed by atoms with van der Waals surface area (Å²) in [7, 11) is 0. The van der Waals surface area contributed by atoms with Gasteiger partial charge in [-0.15, -0.1) is 0 Å². The van der Waals surface area contributed by atoms with Gasteiger partial charge in [0.1, 0.15) is 11.4 Å². The van der Waals surface area contributed by atoms with Gasteiger partial charge in [-0.05, 0) is 61.2 Å². The van der Waals surface area contributed by atoms with E-state index in [-0.39, 0.29) is 5.69 Å². The summed E-state index contributed by atoms with van der Waals surface area (Å²) < 4.78 is 5.75. The summed E-state index contributed by atoms with van der Waals surface area (Å²) in [6, 6.07) is 19.2. The van der Waals surface area contributed by atoms with E-state index in [9.17, 15) is 9.59 Å². The molecule has 0 fully saturated rings. The van der Waals surface area contributed by atoms with Gasteiger partial charge >= 0.3 is 5.69 Å². The van der Waals surface area contributed by atoms with Gasteiger partial charge in [-0.1, -0.05) is 30.3 Å². The maximum absolute atomic E-state index is 12.0. The average molecular weight is 390 g/mol. The standard InChI is InChI=1S/C22H22N4O3/c1-16-14-20(25-22(28)24-16)21(27)26-23-15-18-9-11-19(12-10-18)29-13-5-8-17-6-3-2-4-7-17/h2-4,6-7,9-12,14-15H,5,8,13H2,1H3,(H,26,27)(H,24,25,28)/b23-15+. The molecular weight excluding hydrogens is 368 g/mol. The van der Waals surface area contributed by atoms with E-state index in [0.717, 1.165) is 24.2 Å². The molecule has 0 aliphatic heterocycles. The highest BCUT2D eigenvalue weighted by molar-refractivity contribution is 5.93. The molecule has 1 heterocycles. The van der Waals surface area contributed by atoms with Crippen molar-refractivity contribution in [1.29, 1.82) is 0 Å². The molecule has 2 N–H and O–H groups in total. The quantitative estimate of drug-likeness (QED) is 0.351. The molecule has 0 aliphatic carbocycles. The zero-order chi connectivity index (χ0) is 20.5. The second-order valence-electron chi connectivity index (χ2n) is 6.46. The number of hydrazone groups is 1. The van der Waals surface area contributed by atoms with E-state index in [4.69, 9.17) is 4.74 Å². The van der Waals surface area contributed by atoms with Crippen molar-refractivity contribution in [3.8, 4) is 5.75 Å². The third-order valence-corrected chi connectivity index (χ3v) is 4.09. The van der Waals surface area contributed by atoms with Gasteiger partial charge in [-0.25, -0.2) is 10.2 Å². The lowest BCUT2D eigenvalue weighted by molar-refractivity contribution is 0.0949. The molecule has 3 rings (SSSR count). The van der Waals surface area contributed by atoms with Crippen molar-refractivity contribution in [2.75, 3.05) is 6.61 Å². The Morgan fingerprint density at radius 1 is 1.17 bits per heavy atom. The minimum atomic E-state index is -0.571. The molecule has 2 aromatic carbocycles. The molecule has 1 amide bonds. The van der Waals surface area contributed by atoms with Crippen molar-refractivity contribution >= 4 is 12.1 Å². The van der Waals surface area contributed by atoms with E-state index in [1.54, 1.807) is 6.92 Å². The fourth-order valence-corrected chi connectivity index (χ4v) is 2.68. The molecule has 29 heavy (non-hydrogen) atoms. The van der Waals surface area contributed by atoms with Gasteiger partial charge in [-0.2, -0.15) is 10.1 Å². The Morgan fingerprint density at radius 2 is 1.93 bits per heavy atom. The number of benzene rings is 2. The maximum atomic E-state index is 12.0. The SMILES string of the molecule is Cc1cc(C(=O)N/N=C/c2ccc(OCCCc3ccccc3)cc2)nc(=O)[nH]1. The van der Waals surface area contributed by atoms with E-state index in [2.05, 4.69) is 32.6 Å². The summed E-state index contributed by atoms with van der Waals surface area (Å²) in [5, 5.41) is 3.90. The second-order valence-corrected chi connectivity index (χ2v) is 6.46. The highest BCUT2D eigenvalue weighted by Gasteiger charge is 2.07. The molecule has 148 valence electrons. The third-order valence-electron chi connectivity index (χ3n) is 4.09. The normalized spacial score (nSPS) is 10.8. The Kier molecular flexibility index (Phi) is 6.89. The van der Waals surface area contributed by atoms with Crippen LogP contribution in [0.1, 0.15) is 33.7 Å². The number of aromatic nitrogens is 2. The average Bonchev–Trinajstić information content (AvgIpc) is 2.72. The zero-order valence-corrected chi connectivity index (χ0v) is 16.1. The highest BCUT2D eigenvalue weighted by atomic mass is 16.5. The van der Waals surface area contributed by atoms with Crippen LogP contribution in [0.5, 0.6) is 5.75 Å². The van der Waals surface area contributed by atoms with Crippen LogP contribution in [0.3, 0.4) is 0 Å². The van der Waals surface area contributed by atoms with Gasteiger partial charge in [-0.3, -0.25) is 4.79 Å². The van der Waals surface area contributed by atoms with Crippen LogP contribution in [0.4, 0.5) is 0 Å². The largest absolute Gasteiger partial charge is 0.494 e. The predicted molar refractivity (Wildman–Crippen MR) is 111 cm³/mol. The predicted octanol–water partition coefficient (Wildman–Crippen LogP) is 2.85. The van der Waals surface area contributed by atoms with E-state index in [1.807, 2.05) is 42.5 Å². The first-order valence-electron chi connectivity index (χ1n) is 9.28. The molecule has 0 atom stereocenters. The summed E-state index contributed by atoms with van der Waals surface area (Å²) in [6.45, 7) is 2.31. The Morgan fingerprint density at radius 3 is 2.66 bits per heavy atom. The lowest BCUT2D eigenvalue weighted by Gasteiger charge is -2.06. The molecule has 0 saturated carbocycles. The molecule has 7 nitrogen and oxygen atoms in total. The lowest BCUT2D eigenvalue weighted by atomic mass is 10.1. The fourth-order valence-electron chi connectivity index (χ4n) is 2.68. The Labute approximate surface area is 168 Å². The minimum absolute atomic E-state index is 0.0163. The van der Waals surface area contributed by atoms with E-state index in [0.29, 0.717) is 12.3 Å². The minimum Gasteiger partial charge on any atom is -0.494 e. The van der Waals surface area contributed by atoms with Crippen LogP contribution in [0.2, 0.25) is 0 Å². The van der Waals surface area contributed by atoms with Crippen LogP contribution < -0.4 is 15.9 Å². The van der Waals surface area contributed by atoms with Gasteiger partial charge in [0.25, 0.3) is 5.91 Å². The first kappa shape index (κ1) is 20.0. The summed E-state index contributed by atoms with van der Waals surface area (Å²) in [5.74, 6) is 0.233. The number of aryl methyl sites for hydroxylation is 2. The number of aromatic amines is 1. The van der Waals surface area contributed by atoms with Crippen molar-refractivity contribution in [3.05, 3.63) is 93.7 Å². The smallest absolute Gasteiger partial charge is 0.345 e. The summed E-state index contributed by atoms with van der Waals surface area (Å²) in [5.41, 5.74) is 4.46. The van der Waals surface area contributed by atoms with Crippen molar-refractivity contribution in [2.24, 2.45) is 5.10 Å². The van der Waals surface area contributed by atoms with Crippen molar-refractivity contribution in [3.63, 3.8) is 0 Å². The fraction of sp³-hybridized carbons (Fsp3) is 0.182. The first-order chi connectivity index (χ1) is 14.1. The van der Waals surface area contributed by atoms with Gasteiger partial charge in [0.2, 0.25) is 0 Å². The number of rotatable bonds is 8. The third kappa shape index (κ3) is 6.42. The molecule has 7 heteroatoms. The molecular formula is C22H22N4O3. The summed E-state index contributed by atoms with van der Waals surface area (Å²) >= 11 is 0. The van der Waals surface area contributed by atoms with Crippen molar-refractivity contribution in [1.82, 2.24) is 15.4 Å². The number of carbonyl (C=O) groups is 1. The summed E-state index contributed by atoms with van der Waals surface area (Å²) in [4.78, 5) is 29.4. The lowest BCUT2D eigenvalue weighted by Crippen LogP contribution is -2.24. The maximum Gasteiger partial charge on any atom is 0.345 e. The van der Waals surface area contributed by atoms with Gasteiger partial charge in [0.05, 0.1) is 12.8 Å². The van der Waals surface area contributed by atoms with Crippen LogP contribution in [0.15, 0.2) is 70.6 Å². The van der Waals surface area contributed by atoms with Crippen molar-refractivity contribution < 1.29 is 9.53 Å². The molecule has 0 radical (unpaired) electrons. The monoisotopic (exact) mass is 390 g/mol. The Hall–Kier alpha value is -3.74. The number of amides is 1. The van der Waals surface area contributed by atoms with Crippen LogP contribution >= 0.6 is 0 Å². The van der Waals surface area contributed by atoms with Crippen molar-refractivity contribution in [2.45, 2.75) is 19.8 Å². The molecule has 0 saturated heterocycles. The molecule has 0 spiro atoms. The van der Waals surface area contributed by atoms with E-state index in [1.165, 1.54) is 17.8 Å². The number of carbonyl (C=O) groups excluding carboxylic acids is 1. The molecule has 1 aromatic heterocycles. The number of H-pyrrole nitrogens is 1. The summed E-state index contributed by atoms with van der Waals surface area (Å²) in [6.07, 6.45) is 3.43. The van der Waals surface area contributed by atoms with Gasteiger partial charge in [0.15, 0.2) is 0 Å². The Balaban J connectivity index is 1.44. The topological polar surface area (TPSA) is 96.4 Å². The molecule has 0 bridgehead atoms. The first-order valence-corrected chi connectivity index (χ1v) is 9.28. The number of ether oxygens (including phenoxy) is 1. The molecule has 3 aromatic rings. The molecule has 0 unspecified atom stereocenters. The van der Waals surface area contributed by atoms with Crippen LogP contribution in [-0.4, -0.2) is 28.7 Å². The zero-order valence-electron chi connectivity index (χ0n) is 16.1. The van der Waals surface area contributed by atoms with Crippen LogP contribution in [0, 0.1) is 6.92 Å². The number of hydrogen-bond acceptors (Lipinski definition) is 5. The number of hydrogen-bond donors (Lipinski definition) is 2. The molecule has 0 aliphatic rings. The van der Waals surface area contributed by atoms with Crippen LogP contribution in [0.25, 0.3) is 0 Å². The number of nitrogens with one attached hydrogen (secondary N) is 2. The van der Waals surface area contributed by atoms with Crippen LogP contribution in [-0.2, 0) is 6.42 Å². The highest BCUT2D eigenvalue weighted by Crippen LogP contribution is 2.12. The van der Waals surface area contributed by atoms with E-state index >= 15 is 0 Å². The van der Waals surface area contributed by atoms with Gasteiger partial charge < -0.3 is 9.72 Å². The Bertz CT molecular complexity index is 1030. The van der Waals surface area contributed by atoms with Gasteiger partial charge in [0, 0.05) is 5.69 Å². The van der Waals surface area contributed by atoms with E-state index < -0.39 is 11.6 Å². The second kappa shape index (κ2) is 9.98. The number of nitrogens with zero attached hydrogens (tertiary/aromatic N) is 2.